The van der Waals surface area contributed by atoms with Crippen LogP contribution in [0, 0.1) is 0 Å². The number of para-hydroxylation sites is 4. The van der Waals surface area contributed by atoms with E-state index in [0.717, 1.165) is 48.4 Å². The molecular weight excluding hydrogens is 548 g/mol. The highest BCUT2D eigenvalue weighted by Gasteiger charge is 2.13. The van der Waals surface area contributed by atoms with E-state index in [1.165, 1.54) is 22.3 Å². The molecule has 0 unspecified atom stereocenters. The minimum absolute atomic E-state index is 0.503. The summed E-state index contributed by atoms with van der Waals surface area (Å²) in [7, 11) is 0. The van der Waals surface area contributed by atoms with Crippen LogP contribution in [0.25, 0.3) is 0 Å². The van der Waals surface area contributed by atoms with E-state index in [2.05, 4.69) is 118 Å². The van der Waals surface area contributed by atoms with Gasteiger partial charge in [0.1, 0.15) is 0 Å². The fraction of sp³-hybridized carbons (Fsp3) is 0.278. The van der Waals surface area contributed by atoms with E-state index in [0.29, 0.717) is 51.4 Å². The number of fused-ring (bicyclic) bond motifs is 5. The summed E-state index contributed by atoms with van der Waals surface area (Å²) >= 11 is 0. The van der Waals surface area contributed by atoms with Gasteiger partial charge in [0, 0.05) is 22.7 Å². The minimum Gasteiger partial charge on any atom is -0.377 e. The van der Waals surface area contributed by atoms with Gasteiger partial charge in [-0.3, -0.25) is 9.98 Å². The summed E-state index contributed by atoms with van der Waals surface area (Å²) < 4.78 is 11.7. The van der Waals surface area contributed by atoms with Crippen LogP contribution in [0.3, 0.4) is 0 Å². The first kappa shape index (κ1) is 29.4. The highest BCUT2D eigenvalue weighted by molar-refractivity contribution is 6.05. The third-order valence-electron chi connectivity index (χ3n) is 7.79. The summed E-state index contributed by atoms with van der Waals surface area (Å²) in [6.07, 6.45) is 3.41. The van der Waals surface area contributed by atoms with Crippen molar-refractivity contribution in [2.75, 3.05) is 60.8 Å². The van der Waals surface area contributed by atoms with Crippen LogP contribution in [0.15, 0.2) is 107 Å². The molecule has 4 N–H and O–H groups in total. The number of hydrogen-bond donors (Lipinski definition) is 4. The van der Waals surface area contributed by atoms with Gasteiger partial charge in [-0.25, -0.2) is 0 Å². The molecule has 2 aliphatic heterocycles. The lowest BCUT2D eigenvalue weighted by molar-refractivity contribution is 0.0541. The second-order valence-corrected chi connectivity index (χ2v) is 10.8. The minimum atomic E-state index is 0.503. The van der Waals surface area contributed by atoms with E-state index < -0.39 is 0 Å². The third kappa shape index (κ3) is 8.03. The van der Waals surface area contributed by atoms with Gasteiger partial charge in [0.15, 0.2) is 11.9 Å². The molecule has 0 saturated heterocycles. The zero-order valence-electron chi connectivity index (χ0n) is 25.0. The van der Waals surface area contributed by atoms with Crippen molar-refractivity contribution in [1.29, 1.82) is 0 Å². The Balaban J connectivity index is 1.44. The van der Waals surface area contributed by atoms with Gasteiger partial charge in [-0.1, -0.05) is 72.8 Å². The lowest BCUT2D eigenvalue weighted by Gasteiger charge is -2.20. The number of ether oxygens (including phenoxy) is 2. The monoisotopic (exact) mass is 588 g/mol. The van der Waals surface area contributed by atoms with Crippen LogP contribution in [-0.4, -0.2) is 51.4 Å². The van der Waals surface area contributed by atoms with E-state index in [1.807, 2.05) is 0 Å². The molecule has 8 heteroatoms. The van der Waals surface area contributed by atoms with Crippen LogP contribution in [0.1, 0.15) is 22.3 Å². The molecule has 0 fully saturated rings. The molecule has 226 valence electrons. The van der Waals surface area contributed by atoms with E-state index in [4.69, 9.17) is 19.5 Å². The molecule has 4 aromatic carbocycles. The molecule has 8 nitrogen and oxygen atoms in total. The maximum atomic E-state index is 5.83. The largest absolute Gasteiger partial charge is 0.377 e. The summed E-state index contributed by atoms with van der Waals surface area (Å²) in [5.74, 6) is 1.40. The van der Waals surface area contributed by atoms with Gasteiger partial charge < -0.3 is 30.7 Å². The molecule has 0 aromatic heterocycles. The number of rotatable bonds is 0. The molecule has 6 rings (SSSR count). The smallest absolute Gasteiger partial charge is 0.200 e. The molecule has 44 heavy (non-hydrogen) atoms. The Morgan fingerprint density at radius 2 is 0.682 bits per heavy atom. The summed E-state index contributed by atoms with van der Waals surface area (Å²) in [6.45, 7) is 3.06. The van der Waals surface area contributed by atoms with Gasteiger partial charge >= 0.3 is 0 Å². The number of guanidine groups is 2. The molecule has 0 atom stereocenters. The number of nitrogens with one attached hydrogen (secondary N) is 4. The van der Waals surface area contributed by atoms with Gasteiger partial charge in [0.2, 0.25) is 0 Å². The number of aliphatic imine (C=N–C) groups is 2. The van der Waals surface area contributed by atoms with Crippen molar-refractivity contribution in [2.24, 2.45) is 9.98 Å². The molecule has 0 amide bonds. The van der Waals surface area contributed by atoms with Crippen molar-refractivity contribution in [3.05, 3.63) is 119 Å². The number of aryl methyl sites for hydroxylation is 4. The maximum absolute atomic E-state index is 5.83. The average Bonchev–Trinajstić information content (AvgIpc) is 3.05. The quantitative estimate of drug-likeness (QED) is 0.191. The average molecular weight is 589 g/mol. The van der Waals surface area contributed by atoms with Crippen molar-refractivity contribution in [2.45, 2.75) is 25.7 Å². The van der Waals surface area contributed by atoms with Crippen LogP contribution in [0.2, 0.25) is 0 Å². The van der Waals surface area contributed by atoms with Crippen LogP contribution >= 0.6 is 0 Å². The summed E-state index contributed by atoms with van der Waals surface area (Å²) in [5, 5.41) is 14.5. The molecule has 2 heterocycles. The van der Waals surface area contributed by atoms with Gasteiger partial charge in [-0.15, -0.1) is 0 Å². The van der Waals surface area contributed by atoms with Gasteiger partial charge in [0.25, 0.3) is 0 Å². The predicted octanol–water partition coefficient (Wildman–Crippen LogP) is 6.38. The summed E-state index contributed by atoms with van der Waals surface area (Å²) in [6, 6.07) is 33.8. The Morgan fingerprint density at radius 1 is 0.386 bits per heavy atom. The van der Waals surface area contributed by atoms with Gasteiger partial charge in [-0.05, 0) is 72.2 Å². The Kier molecular flexibility index (Phi) is 10.1. The van der Waals surface area contributed by atoms with Crippen LogP contribution in [0.4, 0.5) is 22.7 Å². The molecule has 2 bridgehead atoms. The molecule has 4 aromatic rings. The first-order chi connectivity index (χ1) is 21.8. The van der Waals surface area contributed by atoms with Gasteiger partial charge in [-0.2, -0.15) is 0 Å². The van der Waals surface area contributed by atoms with E-state index >= 15 is 0 Å². The Hall–Kier alpha value is -4.66. The second-order valence-electron chi connectivity index (χ2n) is 10.8. The first-order valence-corrected chi connectivity index (χ1v) is 15.5. The van der Waals surface area contributed by atoms with Crippen LogP contribution in [0.5, 0.6) is 0 Å². The number of hydrogen-bond acceptors (Lipinski definition) is 8. The molecule has 0 radical (unpaired) electrons. The van der Waals surface area contributed by atoms with E-state index in [1.54, 1.807) is 0 Å². The van der Waals surface area contributed by atoms with Crippen molar-refractivity contribution in [3.63, 3.8) is 0 Å². The number of anilines is 4. The fourth-order valence-electron chi connectivity index (χ4n) is 5.48. The standard InChI is InChI=1S/C36H40N6O2/c1-5-13-31-27(9-1)17-18-28-10-2-6-14-32(28)41-36-38-22-24-44-26-25-43-23-21-37-35(39-31)40-33-15-7-3-11-29(33)19-20-30-12-4-8-16-34(30)42-36/h1-16H,17-26H2,(H2,37,39,40)(H2,38,41,42). The highest BCUT2D eigenvalue weighted by Crippen LogP contribution is 2.25. The number of benzene rings is 4. The SMILES string of the molecule is c1ccc2c(c1)CCc1ccccc1NC1=NCCOCCOCCN=C(N2)Nc2ccccc2CCc2ccccc2N1. The summed E-state index contributed by atoms with van der Waals surface area (Å²) in [5.41, 5.74) is 9.00. The molecule has 0 spiro atoms. The Morgan fingerprint density at radius 3 is 1.00 bits per heavy atom. The van der Waals surface area contributed by atoms with Gasteiger partial charge in [0.05, 0.1) is 39.5 Å². The third-order valence-corrected chi connectivity index (χ3v) is 7.79. The molecular formula is C36H40N6O2. The lowest BCUT2D eigenvalue weighted by Crippen LogP contribution is -2.26. The van der Waals surface area contributed by atoms with Crippen molar-refractivity contribution < 1.29 is 9.47 Å². The molecule has 2 aliphatic rings. The van der Waals surface area contributed by atoms with E-state index in [9.17, 15) is 0 Å². The molecule has 0 aliphatic carbocycles. The maximum Gasteiger partial charge on any atom is 0.200 e. The van der Waals surface area contributed by atoms with Crippen molar-refractivity contribution in [3.8, 4) is 0 Å². The van der Waals surface area contributed by atoms with Crippen LogP contribution in [-0.2, 0) is 35.2 Å². The fourth-order valence-corrected chi connectivity index (χ4v) is 5.48. The van der Waals surface area contributed by atoms with Crippen LogP contribution < -0.4 is 21.3 Å². The summed E-state index contributed by atoms with van der Waals surface area (Å²) in [4.78, 5) is 9.83. The lowest BCUT2D eigenvalue weighted by atomic mass is 10.0. The number of nitrogens with zero attached hydrogens (tertiary/aromatic N) is 2. The first-order valence-electron chi connectivity index (χ1n) is 15.5. The Bertz CT molecular complexity index is 1380. The van der Waals surface area contributed by atoms with E-state index in [-0.39, 0.29) is 0 Å². The normalized spacial score (nSPS) is 16.5. The Labute approximate surface area is 259 Å². The van der Waals surface area contributed by atoms with Crippen molar-refractivity contribution >= 4 is 34.7 Å². The molecule has 0 saturated carbocycles. The zero-order chi connectivity index (χ0) is 29.8. The zero-order valence-corrected chi connectivity index (χ0v) is 25.0. The predicted molar refractivity (Wildman–Crippen MR) is 181 cm³/mol. The topological polar surface area (TPSA) is 91.3 Å². The van der Waals surface area contributed by atoms with Crippen molar-refractivity contribution in [1.82, 2.24) is 0 Å². The highest BCUT2D eigenvalue weighted by atomic mass is 16.5. The second kappa shape index (κ2) is 15.2.